The van der Waals surface area contributed by atoms with Gasteiger partial charge >= 0.3 is 0 Å². The van der Waals surface area contributed by atoms with Crippen molar-refractivity contribution in [1.82, 2.24) is 0 Å². The molecule has 2 fully saturated rings. The smallest absolute Gasteiger partial charge is 0.0210 e. The first-order valence-electron chi connectivity index (χ1n) is 3.95. The van der Waals surface area contributed by atoms with Gasteiger partial charge in [0.1, 0.15) is 0 Å². The molecule has 2 aliphatic rings. The first-order valence-corrected chi connectivity index (χ1v) is 3.95. The second-order valence-electron chi connectivity index (χ2n) is 4.07. The minimum atomic E-state index is 0.283. The van der Waals surface area contributed by atoms with Crippen molar-refractivity contribution in [3.63, 3.8) is 0 Å². The van der Waals surface area contributed by atoms with Gasteiger partial charge in [-0.1, -0.05) is 13.3 Å². The topological polar surface area (TPSA) is 26.0 Å². The lowest BCUT2D eigenvalue weighted by Crippen LogP contribution is -2.46. The molecule has 0 bridgehead atoms. The maximum Gasteiger partial charge on any atom is 0.0210 e. The van der Waals surface area contributed by atoms with Gasteiger partial charge in [-0.15, -0.1) is 0 Å². The van der Waals surface area contributed by atoms with E-state index in [0.717, 1.165) is 0 Å². The Kier molecular flexibility index (Phi) is 0.852. The van der Waals surface area contributed by atoms with Crippen LogP contribution in [0.15, 0.2) is 0 Å². The molecular formula is C8H15N. The Labute approximate surface area is 56.6 Å². The number of hydrogen-bond donors (Lipinski definition) is 1. The zero-order valence-electron chi connectivity index (χ0n) is 6.11. The van der Waals surface area contributed by atoms with Crippen LogP contribution in [-0.4, -0.2) is 5.54 Å². The summed E-state index contributed by atoms with van der Waals surface area (Å²) in [5.41, 5.74) is 6.92. The van der Waals surface area contributed by atoms with Gasteiger partial charge in [0.15, 0.2) is 0 Å². The van der Waals surface area contributed by atoms with Crippen LogP contribution in [-0.2, 0) is 0 Å². The molecule has 0 spiro atoms. The highest BCUT2D eigenvalue weighted by Crippen LogP contribution is 2.58. The van der Waals surface area contributed by atoms with Gasteiger partial charge in [0, 0.05) is 5.54 Å². The zero-order chi connectivity index (χ0) is 6.54. The largest absolute Gasteiger partial charge is 0.325 e. The summed E-state index contributed by atoms with van der Waals surface area (Å²) < 4.78 is 0. The normalized spacial score (nSPS) is 35.3. The van der Waals surface area contributed by atoms with E-state index in [2.05, 4.69) is 6.92 Å². The van der Waals surface area contributed by atoms with Crippen molar-refractivity contribution in [2.75, 3.05) is 0 Å². The molecule has 9 heavy (non-hydrogen) atoms. The molecule has 0 aromatic heterocycles. The molecule has 0 unspecified atom stereocenters. The van der Waals surface area contributed by atoms with Gasteiger partial charge in [0.05, 0.1) is 0 Å². The van der Waals surface area contributed by atoms with E-state index in [-0.39, 0.29) is 5.54 Å². The van der Waals surface area contributed by atoms with Crippen LogP contribution in [0.3, 0.4) is 0 Å². The Hall–Kier alpha value is -0.0400. The van der Waals surface area contributed by atoms with Crippen LogP contribution in [0.25, 0.3) is 0 Å². The lowest BCUT2D eigenvalue weighted by Gasteiger charge is -2.44. The van der Waals surface area contributed by atoms with E-state index in [1.54, 1.807) is 0 Å². The van der Waals surface area contributed by atoms with Crippen LogP contribution in [0, 0.1) is 5.41 Å². The van der Waals surface area contributed by atoms with Crippen molar-refractivity contribution < 1.29 is 0 Å². The lowest BCUT2D eigenvalue weighted by molar-refractivity contribution is 0.105. The molecule has 0 radical (unpaired) electrons. The van der Waals surface area contributed by atoms with Crippen molar-refractivity contribution in [2.24, 2.45) is 11.1 Å². The quantitative estimate of drug-likeness (QED) is 0.566. The Morgan fingerprint density at radius 2 is 1.67 bits per heavy atom. The van der Waals surface area contributed by atoms with Gasteiger partial charge in [-0.2, -0.15) is 0 Å². The van der Waals surface area contributed by atoms with Crippen molar-refractivity contribution in [3.05, 3.63) is 0 Å². The molecule has 2 saturated carbocycles. The Balaban J connectivity index is 2.11. The standard InChI is InChI=1S/C8H15N/c1-7(3-2-4-7)8(9)5-6-8/h2-6,9H2,1H3. The zero-order valence-corrected chi connectivity index (χ0v) is 6.11. The third-order valence-corrected chi connectivity index (χ3v) is 3.45. The molecule has 2 rings (SSSR count). The van der Waals surface area contributed by atoms with Crippen LogP contribution >= 0.6 is 0 Å². The molecule has 1 nitrogen and oxygen atoms in total. The maximum atomic E-state index is 6.09. The SMILES string of the molecule is CC1(C2(N)CC2)CCC1. The second kappa shape index (κ2) is 1.34. The molecule has 0 saturated heterocycles. The number of rotatable bonds is 1. The van der Waals surface area contributed by atoms with E-state index < -0.39 is 0 Å². The Bertz CT molecular complexity index is 132. The monoisotopic (exact) mass is 125 g/mol. The van der Waals surface area contributed by atoms with Crippen LogP contribution in [0.5, 0.6) is 0 Å². The number of hydrogen-bond acceptors (Lipinski definition) is 1. The minimum absolute atomic E-state index is 0.283. The highest BCUT2D eigenvalue weighted by Gasteiger charge is 2.56. The Morgan fingerprint density at radius 1 is 1.11 bits per heavy atom. The van der Waals surface area contributed by atoms with Crippen molar-refractivity contribution in [2.45, 2.75) is 44.6 Å². The summed E-state index contributed by atoms with van der Waals surface area (Å²) in [6, 6.07) is 0. The van der Waals surface area contributed by atoms with E-state index in [0.29, 0.717) is 5.41 Å². The van der Waals surface area contributed by atoms with Crippen LogP contribution < -0.4 is 5.73 Å². The third-order valence-electron chi connectivity index (χ3n) is 3.45. The lowest BCUT2D eigenvalue weighted by atomic mass is 9.64. The van der Waals surface area contributed by atoms with Crippen molar-refractivity contribution in [1.29, 1.82) is 0 Å². The molecule has 0 atom stereocenters. The highest BCUT2D eigenvalue weighted by atomic mass is 14.9. The van der Waals surface area contributed by atoms with Gasteiger partial charge in [0.25, 0.3) is 0 Å². The summed E-state index contributed by atoms with van der Waals surface area (Å²) in [6.45, 7) is 2.35. The van der Waals surface area contributed by atoms with Crippen LogP contribution in [0.1, 0.15) is 39.0 Å². The average molecular weight is 125 g/mol. The van der Waals surface area contributed by atoms with E-state index in [4.69, 9.17) is 5.73 Å². The molecule has 0 aliphatic heterocycles. The van der Waals surface area contributed by atoms with E-state index in [1.807, 2.05) is 0 Å². The van der Waals surface area contributed by atoms with Crippen LogP contribution in [0.2, 0.25) is 0 Å². The van der Waals surface area contributed by atoms with Gasteiger partial charge in [-0.25, -0.2) is 0 Å². The molecule has 2 N–H and O–H groups in total. The van der Waals surface area contributed by atoms with E-state index in [9.17, 15) is 0 Å². The van der Waals surface area contributed by atoms with Gasteiger partial charge in [0.2, 0.25) is 0 Å². The first-order chi connectivity index (χ1) is 4.16. The minimum Gasteiger partial charge on any atom is -0.325 e. The van der Waals surface area contributed by atoms with Crippen molar-refractivity contribution >= 4 is 0 Å². The van der Waals surface area contributed by atoms with Crippen LogP contribution in [0.4, 0.5) is 0 Å². The summed E-state index contributed by atoms with van der Waals surface area (Å²) in [7, 11) is 0. The summed E-state index contributed by atoms with van der Waals surface area (Å²) >= 11 is 0. The summed E-state index contributed by atoms with van der Waals surface area (Å²) in [5, 5.41) is 0. The molecule has 2 aliphatic carbocycles. The fourth-order valence-electron chi connectivity index (χ4n) is 1.94. The van der Waals surface area contributed by atoms with Gasteiger partial charge < -0.3 is 5.73 Å². The summed E-state index contributed by atoms with van der Waals surface area (Å²) in [4.78, 5) is 0. The van der Waals surface area contributed by atoms with Crippen molar-refractivity contribution in [3.8, 4) is 0 Å². The second-order valence-corrected chi connectivity index (χ2v) is 4.07. The third kappa shape index (κ3) is 0.586. The van der Waals surface area contributed by atoms with Gasteiger partial charge in [-0.05, 0) is 31.1 Å². The molecular weight excluding hydrogens is 110 g/mol. The number of nitrogens with two attached hydrogens (primary N) is 1. The fourth-order valence-corrected chi connectivity index (χ4v) is 1.94. The predicted octanol–water partition coefficient (Wildman–Crippen LogP) is 1.67. The molecule has 0 heterocycles. The van der Waals surface area contributed by atoms with E-state index >= 15 is 0 Å². The average Bonchev–Trinajstić information content (AvgIpc) is 2.43. The summed E-state index contributed by atoms with van der Waals surface area (Å²) in [5.74, 6) is 0. The molecule has 0 aromatic carbocycles. The molecule has 0 aromatic rings. The molecule has 1 heteroatoms. The van der Waals surface area contributed by atoms with Gasteiger partial charge in [-0.3, -0.25) is 0 Å². The molecule has 52 valence electrons. The fraction of sp³-hybridized carbons (Fsp3) is 1.00. The maximum absolute atomic E-state index is 6.09. The molecule has 0 amide bonds. The predicted molar refractivity (Wildman–Crippen MR) is 38.1 cm³/mol. The Morgan fingerprint density at radius 3 is 1.78 bits per heavy atom. The summed E-state index contributed by atoms with van der Waals surface area (Å²) in [6.07, 6.45) is 6.73. The van der Waals surface area contributed by atoms with E-state index in [1.165, 1.54) is 32.1 Å². The first kappa shape index (κ1) is 5.72. The highest BCUT2D eigenvalue weighted by molar-refractivity contribution is 5.13.